The molecule has 0 radical (unpaired) electrons. The van der Waals surface area contributed by atoms with Gasteiger partial charge < -0.3 is 10.1 Å². The van der Waals surface area contributed by atoms with Crippen LogP contribution in [0.5, 0.6) is 5.88 Å². The largest absolute Gasteiger partial charge is 0.478 e. The molecule has 19 heavy (non-hydrogen) atoms. The summed E-state index contributed by atoms with van der Waals surface area (Å²) in [6.07, 6.45) is -1.73. The van der Waals surface area contributed by atoms with Gasteiger partial charge in [0.1, 0.15) is 0 Å². The van der Waals surface area contributed by atoms with Gasteiger partial charge in [-0.05, 0) is 13.3 Å². The highest BCUT2D eigenvalue weighted by atomic mass is 19.4. The first-order valence-corrected chi connectivity index (χ1v) is 6.30. The van der Waals surface area contributed by atoms with E-state index in [1.807, 2.05) is 6.92 Å². The molecule has 108 valence electrons. The molecule has 1 heterocycles. The minimum absolute atomic E-state index is 0.0469. The standard InChI is InChI=1S/C12H18F3N3O/c1-3-5-6-7-19-10-8-9(12(13,14)15)17-11(18-10)16-4-2/h8H,3-7H2,1-2H3,(H,16,17,18). The highest BCUT2D eigenvalue weighted by Gasteiger charge is 2.34. The van der Waals surface area contributed by atoms with Gasteiger partial charge >= 0.3 is 6.18 Å². The summed E-state index contributed by atoms with van der Waals surface area (Å²) in [6, 6.07) is 0.826. The third-order valence-electron chi connectivity index (χ3n) is 2.33. The van der Waals surface area contributed by atoms with E-state index in [1.54, 1.807) is 6.92 Å². The van der Waals surface area contributed by atoms with Crippen molar-refractivity contribution in [1.82, 2.24) is 9.97 Å². The summed E-state index contributed by atoms with van der Waals surface area (Å²) >= 11 is 0. The molecule has 0 aliphatic rings. The Morgan fingerprint density at radius 2 is 1.95 bits per heavy atom. The molecule has 1 rings (SSSR count). The summed E-state index contributed by atoms with van der Waals surface area (Å²) in [5.74, 6) is -0.114. The second-order valence-corrected chi connectivity index (χ2v) is 4.00. The van der Waals surface area contributed by atoms with E-state index in [4.69, 9.17) is 4.74 Å². The molecule has 0 aliphatic carbocycles. The van der Waals surface area contributed by atoms with Crippen LogP contribution in [0.15, 0.2) is 6.07 Å². The third-order valence-corrected chi connectivity index (χ3v) is 2.33. The van der Waals surface area contributed by atoms with E-state index in [2.05, 4.69) is 15.3 Å². The first-order valence-electron chi connectivity index (χ1n) is 6.30. The fourth-order valence-electron chi connectivity index (χ4n) is 1.41. The molecule has 0 aliphatic heterocycles. The van der Waals surface area contributed by atoms with Gasteiger partial charge in [-0.2, -0.15) is 18.2 Å². The van der Waals surface area contributed by atoms with Crippen LogP contribution in [0, 0.1) is 0 Å². The van der Waals surface area contributed by atoms with Crippen LogP contribution in [0.4, 0.5) is 19.1 Å². The predicted octanol–water partition coefficient (Wildman–Crippen LogP) is 3.50. The van der Waals surface area contributed by atoms with Crippen LogP contribution in [-0.4, -0.2) is 23.1 Å². The summed E-state index contributed by atoms with van der Waals surface area (Å²) in [4.78, 5) is 7.30. The molecule has 7 heteroatoms. The summed E-state index contributed by atoms with van der Waals surface area (Å²) in [7, 11) is 0. The highest BCUT2D eigenvalue weighted by molar-refractivity contribution is 5.31. The number of nitrogens with zero attached hydrogens (tertiary/aromatic N) is 2. The molecule has 0 bridgehead atoms. The molecule has 0 fully saturated rings. The van der Waals surface area contributed by atoms with Crippen molar-refractivity contribution in [2.75, 3.05) is 18.5 Å². The molecule has 0 unspecified atom stereocenters. The van der Waals surface area contributed by atoms with Crippen molar-refractivity contribution >= 4 is 5.95 Å². The van der Waals surface area contributed by atoms with Crippen LogP contribution in [0.25, 0.3) is 0 Å². The van der Waals surface area contributed by atoms with Crippen molar-refractivity contribution in [2.24, 2.45) is 0 Å². The Morgan fingerprint density at radius 1 is 1.21 bits per heavy atom. The molecule has 0 spiro atoms. The lowest BCUT2D eigenvalue weighted by molar-refractivity contribution is -0.141. The SMILES string of the molecule is CCCCCOc1cc(C(F)(F)F)nc(NCC)n1. The normalized spacial score (nSPS) is 11.4. The van der Waals surface area contributed by atoms with E-state index in [-0.39, 0.29) is 11.8 Å². The van der Waals surface area contributed by atoms with Crippen LogP contribution < -0.4 is 10.1 Å². The van der Waals surface area contributed by atoms with Crippen molar-refractivity contribution in [3.8, 4) is 5.88 Å². The van der Waals surface area contributed by atoms with Crippen molar-refractivity contribution in [2.45, 2.75) is 39.3 Å². The monoisotopic (exact) mass is 277 g/mol. The zero-order valence-corrected chi connectivity index (χ0v) is 11.0. The first kappa shape index (κ1) is 15.5. The predicted molar refractivity (Wildman–Crippen MR) is 66.2 cm³/mol. The van der Waals surface area contributed by atoms with E-state index in [0.717, 1.165) is 25.3 Å². The first-order chi connectivity index (χ1) is 8.97. The molecule has 0 saturated heterocycles. The Bertz CT molecular complexity index is 396. The van der Waals surface area contributed by atoms with E-state index in [9.17, 15) is 13.2 Å². The average molecular weight is 277 g/mol. The number of alkyl halides is 3. The maximum atomic E-state index is 12.7. The highest BCUT2D eigenvalue weighted by Crippen LogP contribution is 2.30. The van der Waals surface area contributed by atoms with E-state index in [0.29, 0.717) is 13.2 Å². The number of anilines is 1. The summed E-state index contributed by atoms with van der Waals surface area (Å²) in [5, 5.41) is 2.66. The summed E-state index contributed by atoms with van der Waals surface area (Å²) < 4.78 is 43.2. The number of unbranched alkanes of at least 4 members (excludes halogenated alkanes) is 2. The lowest BCUT2D eigenvalue weighted by atomic mass is 10.3. The van der Waals surface area contributed by atoms with Crippen LogP contribution in [0.1, 0.15) is 38.8 Å². The van der Waals surface area contributed by atoms with Crippen LogP contribution in [0.2, 0.25) is 0 Å². The van der Waals surface area contributed by atoms with E-state index >= 15 is 0 Å². The van der Waals surface area contributed by atoms with Gasteiger partial charge in [0.05, 0.1) is 6.61 Å². The van der Waals surface area contributed by atoms with Gasteiger partial charge in [0, 0.05) is 12.6 Å². The van der Waals surface area contributed by atoms with Crippen molar-refractivity contribution in [1.29, 1.82) is 0 Å². The zero-order chi connectivity index (χ0) is 14.3. The Labute approximate surface area is 110 Å². The zero-order valence-electron chi connectivity index (χ0n) is 11.0. The molecule has 1 aromatic heterocycles. The number of hydrogen-bond donors (Lipinski definition) is 1. The van der Waals surface area contributed by atoms with Gasteiger partial charge in [0.15, 0.2) is 5.69 Å². The molecule has 0 saturated carbocycles. The van der Waals surface area contributed by atoms with E-state index < -0.39 is 11.9 Å². The summed E-state index contributed by atoms with van der Waals surface area (Å²) in [6.45, 7) is 4.59. The molecule has 0 amide bonds. The van der Waals surface area contributed by atoms with Gasteiger partial charge in [-0.3, -0.25) is 0 Å². The van der Waals surface area contributed by atoms with Gasteiger partial charge in [0.2, 0.25) is 11.8 Å². The lowest BCUT2D eigenvalue weighted by Crippen LogP contribution is -2.13. The van der Waals surface area contributed by atoms with E-state index in [1.165, 1.54) is 0 Å². The molecule has 1 N–H and O–H groups in total. The van der Waals surface area contributed by atoms with Crippen molar-refractivity contribution in [3.05, 3.63) is 11.8 Å². The Hall–Kier alpha value is -1.53. The molecular formula is C12H18F3N3O. The topological polar surface area (TPSA) is 47.0 Å². The van der Waals surface area contributed by atoms with Gasteiger partial charge in [-0.1, -0.05) is 19.8 Å². The van der Waals surface area contributed by atoms with Gasteiger partial charge in [-0.25, -0.2) is 4.98 Å². The van der Waals surface area contributed by atoms with Crippen LogP contribution in [-0.2, 0) is 6.18 Å². The maximum Gasteiger partial charge on any atom is 0.433 e. The number of rotatable bonds is 7. The van der Waals surface area contributed by atoms with Crippen molar-refractivity contribution in [3.63, 3.8) is 0 Å². The minimum atomic E-state index is -4.51. The maximum absolute atomic E-state index is 12.7. The van der Waals surface area contributed by atoms with Crippen LogP contribution >= 0.6 is 0 Å². The van der Waals surface area contributed by atoms with Gasteiger partial charge in [-0.15, -0.1) is 0 Å². The fraction of sp³-hybridized carbons (Fsp3) is 0.667. The number of aromatic nitrogens is 2. The quantitative estimate of drug-likeness (QED) is 0.775. The minimum Gasteiger partial charge on any atom is -0.478 e. The molecule has 1 aromatic rings. The van der Waals surface area contributed by atoms with Gasteiger partial charge in [0.25, 0.3) is 0 Å². The third kappa shape index (κ3) is 5.32. The number of hydrogen-bond acceptors (Lipinski definition) is 4. The smallest absolute Gasteiger partial charge is 0.433 e. The number of halogens is 3. The molecule has 0 atom stereocenters. The lowest BCUT2D eigenvalue weighted by Gasteiger charge is -2.11. The fourth-order valence-corrected chi connectivity index (χ4v) is 1.41. The molecule has 0 aromatic carbocycles. The second kappa shape index (κ2) is 7.16. The average Bonchev–Trinajstić information content (AvgIpc) is 2.34. The Balaban J connectivity index is 2.81. The van der Waals surface area contributed by atoms with Crippen LogP contribution in [0.3, 0.4) is 0 Å². The second-order valence-electron chi connectivity index (χ2n) is 4.00. The Kier molecular flexibility index (Phi) is 5.85. The molecular weight excluding hydrogens is 259 g/mol. The number of ether oxygens (including phenoxy) is 1. The number of nitrogens with one attached hydrogen (secondary N) is 1. The molecule has 4 nitrogen and oxygen atoms in total. The Morgan fingerprint density at radius 3 is 2.53 bits per heavy atom. The van der Waals surface area contributed by atoms with Crippen molar-refractivity contribution < 1.29 is 17.9 Å². The summed E-state index contributed by atoms with van der Waals surface area (Å²) in [5.41, 5.74) is -0.996.